The van der Waals surface area contributed by atoms with Crippen LogP contribution in [0.4, 0.5) is 4.79 Å². The molecule has 0 saturated heterocycles. The first-order valence-corrected chi connectivity index (χ1v) is 5.66. The molecule has 1 amide bonds. The summed E-state index contributed by atoms with van der Waals surface area (Å²) in [5.74, 6) is 0.576. The van der Waals surface area contributed by atoms with Crippen LogP contribution in [0.1, 0.15) is 20.8 Å². The van der Waals surface area contributed by atoms with Gasteiger partial charge in [-0.25, -0.2) is 4.79 Å². The Hall–Kier alpha value is -1.65. The maximum absolute atomic E-state index is 11.5. The second-order valence-electron chi connectivity index (χ2n) is 4.02. The van der Waals surface area contributed by atoms with E-state index >= 15 is 0 Å². The molecule has 1 rings (SSSR count). The fourth-order valence-electron chi connectivity index (χ4n) is 1.65. The molecule has 0 fully saturated rings. The Morgan fingerprint density at radius 2 is 2.24 bits per heavy atom. The molecule has 0 unspecified atom stereocenters. The van der Waals surface area contributed by atoms with E-state index in [2.05, 4.69) is 6.58 Å². The Labute approximate surface area is 102 Å². The molecule has 1 aliphatic heterocycles. The van der Waals surface area contributed by atoms with Crippen LogP contribution >= 0.6 is 0 Å². The number of hydrogen-bond acceptors (Lipinski definition) is 4. The summed E-state index contributed by atoms with van der Waals surface area (Å²) in [7, 11) is 1.37. The van der Waals surface area contributed by atoms with E-state index in [4.69, 9.17) is 9.47 Å². The largest absolute Gasteiger partial charge is 0.492 e. The van der Waals surface area contributed by atoms with E-state index in [0.29, 0.717) is 19.0 Å². The van der Waals surface area contributed by atoms with Crippen molar-refractivity contribution in [3.05, 3.63) is 24.2 Å². The predicted octanol–water partition coefficient (Wildman–Crippen LogP) is 2.13. The molecular weight excluding hydrogens is 220 g/mol. The monoisotopic (exact) mass is 240 g/mol. The number of ether oxygens (including phenoxy) is 2. The van der Waals surface area contributed by atoms with Crippen LogP contribution in [0.25, 0.3) is 0 Å². The van der Waals surface area contributed by atoms with E-state index in [1.165, 1.54) is 12.0 Å². The standard InChI is InChI=1S/C12H20N2O3/c1-6-17-10(4)11-7-13(12(15)16-5)8-14(11)9(2)3/h7,9H,4,6,8H2,1-3,5H3. The van der Waals surface area contributed by atoms with Gasteiger partial charge >= 0.3 is 6.09 Å². The molecule has 0 aromatic carbocycles. The fourth-order valence-corrected chi connectivity index (χ4v) is 1.65. The molecule has 1 heterocycles. The van der Waals surface area contributed by atoms with Gasteiger partial charge in [-0.2, -0.15) is 0 Å². The van der Waals surface area contributed by atoms with E-state index < -0.39 is 0 Å². The van der Waals surface area contributed by atoms with E-state index in [0.717, 1.165) is 5.70 Å². The van der Waals surface area contributed by atoms with Crippen molar-refractivity contribution in [1.82, 2.24) is 9.80 Å². The Morgan fingerprint density at radius 1 is 1.59 bits per heavy atom. The zero-order chi connectivity index (χ0) is 13.0. The van der Waals surface area contributed by atoms with Crippen molar-refractivity contribution in [1.29, 1.82) is 0 Å². The van der Waals surface area contributed by atoms with Crippen LogP contribution < -0.4 is 0 Å². The number of carbonyl (C=O) groups is 1. The number of carbonyl (C=O) groups excluding carboxylic acids is 1. The average Bonchev–Trinajstić information content (AvgIpc) is 2.73. The molecule has 0 aromatic rings. The molecule has 0 spiro atoms. The fraction of sp³-hybridized carbons (Fsp3) is 0.583. The zero-order valence-electron chi connectivity index (χ0n) is 10.9. The van der Waals surface area contributed by atoms with Crippen molar-refractivity contribution in [2.45, 2.75) is 26.8 Å². The second kappa shape index (κ2) is 5.61. The van der Waals surface area contributed by atoms with Crippen LogP contribution in [-0.4, -0.2) is 42.3 Å². The van der Waals surface area contributed by atoms with Crippen molar-refractivity contribution < 1.29 is 14.3 Å². The minimum atomic E-state index is -0.380. The Balaban J connectivity index is 2.87. The summed E-state index contributed by atoms with van der Waals surface area (Å²) >= 11 is 0. The first-order chi connectivity index (χ1) is 8.01. The highest BCUT2D eigenvalue weighted by Gasteiger charge is 2.29. The van der Waals surface area contributed by atoms with Crippen molar-refractivity contribution in [3.63, 3.8) is 0 Å². The third-order valence-electron chi connectivity index (χ3n) is 2.53. The van der Waals surface area contributed by atoms with Gasteiger partial charge in [0.05, 0.1) is 19.4 Å². The zero-order valence-corrected chi connectivity index (χ0v) is 10.9. The lowest BCUT2D eigenvalue weighted by Gasteiger charge is -2.27. The molecule has 1 aliphatic rings. The third-order valence-corrected chi connectivity index (χ3v) is 2.53. The van der Waals surface area contributed by atoms with Gasteiger partial charge in [-0.3, -0.25) is 4.90 Å². The summed E-state index contributed by atoms with van der Waals surface area (Å²) in [6.07, 6.45) is 1.33. The van der Waals surface area contributed by atoms with Gasteiger partial charge < -0.3 is 14.4 Å². The Kier molecular flexibility index (Phi) is 4.43. The van der Waals surface area contributed by atoms with E-state index in [-0.39, 0.29) is 12.1 Å². The number of amides is 1. The first-order valence-electron chi connectivity index (χ1n) is 5.66. The lowest BCUT2D eigenvalue weighted by Crippen LogP contribution is -2.35. The Bertz CT molecular complexity index is 337. The van der Waals surface area contributed by atoms with Gasteiger partial charge in [-0.05, 0) is 20.8 Å². The van der Waals surface area contributed by atoms with Crippen LogP contribution in [0.5, 0.6) is 0 Å². The van der Waals surface area contributed by atoms with Crippen molar-refractivity contribution in [3.8, 4) is 0 Å². The molecule has 17 heavy (non-hydrogen) atoms. The topological polar surface area (TPSA) is 42.0 Å². The van der Waals surface area contributed by atoms with Crippen molar-refractivity contribution in [2.24, 2.45) is 0 Å². The molecule has 0 N–H and O–H groups in total. The normalized spacial score (nSPS) is 15.0. The van der Waals surface area contributed by atoms with E-state index in [1.54, 1.807) is 6.20 Å². The third kappa shape index (κ3) is 2.93. The number of methoxy groups -OCH3 is 1. The maximum Gasteiger partial charge on any atom is 0.415 e. The van der Waals surface area contributed by atoms with Gasteiger partial charge in [0, 0.05) is 12.2 Å². The molecule has 0 radical (unpaired) electrons. The van der Waals surface area contributed by atoms with Gasteiger partial charge in [0.15, 0.2) is 0 Å². The smallest absolute Gasteiger partial charge is 0.415 e. The summed E-state index contributed by atoms with van der Waals surface area (Å²) < 4.78 is 10.1. The van der Waals surface area contributed by atoms with Crippen molar-refractivity contribution in [2.75, 3.05) is 20.4 Å². The molecule has 5 nitrogen and oxygen atoms in total. The summed E-state index contributed by atoms with van der Waals surface area (Å²) in [6.45, 7) is 10.9. The van der Waals surface area contributed by atoms with Crippen LogP contribution in [0.3, 0.4) is 0 Å². The number of rotatable bonds is 4. The summed E-state index contributed by atoms with van der Waals surface area (Å²) in [5, 5.41) is 0. The van der Waals surface area contributed by atoms with E-state index in [9.17, 15) is 4.79 Å². The van der Waals surface area contributed by atoms with Crippen LogP contribution in [0.2, 0.25) is 0 Å². The molecule has 96 valence electrons. The highest BCUT2D eigenvalue weighted by atomic mass is 16.5. The molecule has 0 saturated carbocycles. The summed E-state index contributed by atoms with van der Waals surface area (Å²) in [6, 6.07) is 0.258. The quantitative estimate of drug-likeness (QED) is 0.706. The highest BCUT2D eigenvalue weighted by molar-refractivity contribution is 5.69. The molecular formula is C12H20N2O3. The number of hydrogen-bond donors (Lipinski definition) is 0. The lowest BCUT2D eigenvalue weighted by molar-refractivity contribution is 0.125. The average molecular weight is 240 g/mol. The minimum absolute atomic E-state index is 0.258. The van der Waals surface area contributed by atoms with Crippen LogP contribution in [0, 0.1) is 0 Å². The van der Waals surface area contributed by atoms with Gasteiger partial charge in [0.1, 0.15) is 12.4 Å². The molecule has 5 heteroatoms. The summed E-state index contributed by atoms with van der Waals surface area (Å²) in [4.78, 5) is 15.0. The highest BCUT2D eigenvalue weighted by Crippen LogP contribution is 2.25. The van der Waals surface area contributed by atoms with Gasteiger partial charge in [0.2, 0.25) is 0 Å². The maximum atomic E-state index is 11.5. The molecule has 0 aromatic heterocycles. The van der Waals surface area contributed by atoms with Crippen LogP contribution in [-0.2, 0) is 9.47 Å². The SMILES string of the molecule is C=C(OCC)C1=CN(C(=O)OC)CN1C(C)C. The number of nitrogens with zero attached hydrogens (tertiary/aromatic N) is 2. The van der Waals surface area contributed by atoms with Crippen LogP contribution in [0.15, 0.2) is 24.2 Å². The first kappa shape index (κ1) is 13.4. The second-order valence-corrected chi connectivity index (χ2v) is 4.02. The van der Waals surface area contributed by atoms with E-state index in [1.807, 2.05) is 25.7 Å². The molecule has 0 aliphatic carbocycles. The molecule has 0 atom stereocenters. The lowest BCUT2D eigenvalue weighted by atomic mass is 10.3. The van der Waals surface area contributed by atoms with Gasteiger partial charge in [-0.1, -0.05) is 6.58 Å². The summed E-state index contributed by atoms with van der Waals surface area (Å²) in [5.41, 5.74) is 0.826. The van der Waals surface area contributed by atoms with Crippen molar-refractivity contribution >= 4 is 6.09 Å². The molecule has 0 bridgehead atoms. The minimum Gasteiger partial charge on any atom is -0.492 e. The predicted molar refractivity (Wildman–Crippen MR) is 64.9 cm³/mol. The van der Waals surface area contributed by atoms with Gasteiger partial charge in [-0.15, -0.1) is 0 Å². The Morgan fingerprint density at radius 3 is 2.71 bits per heavy atom. The van der Waals surface area contributed by atoms with Gasteiger partial charge in [0.25, 0.3) is 0 Å².